The lowest BCUT2D eigenvalue weighted by molar-refractivity contribution is -0.140. The second-order valence-corrected chi connectivity index (χ2v) is 8.29. The summed E-state index contributed by atoms with van der Waals surface area (Å²) in [5.41, 5.74) is -0.946. The van der Waals surface area contributed by atoms with Gasteiger partial charge in [-0.2, -0.15) is 5.26 Å². The SMILES string of the molecule is N#CC1(NC(=O)[C@@H](CC(=O)N2CCOCC2)CC2CCCCC2)C[C@H]1CO. The molecule has 1 unspecified atom stereocenters. The third kappa shape index (κ3) is 4.99. The van der Waals surface area contributed by atoms with Gasteiger partial charge in [-0.25, -0.2) is 0 Å². The van der Waals surface area contributed by atoms with Crippen molar-refractivity contribution < 1.29 is 19.4 Å². The highest BCUT2D eigenvalue weighted by Crippen LogP contribution is 2.43. The first kappa shape index (κ1) is 20.1. The van der Waals surface area contributed by atoms with Gasteiger partial charge in [-0.15, -0.1) is 0 Å². The predicted octanol–water partition coefficient (Wildman–Crippen LogP) is 1.21. The Balaban J connectivity index is 1.63. The van der Waals surface area contributed by atoms with Gasteiger partial charge in [0.25, 0.3) is 0 Å². The van der Waals surface area contributed by atoms with E-state index in [2.05, 4.69) is 11.4 Å². The van der Waals surface area contributed by atoms with Crippen LogP contribution in [0.3, 0.4) is 0 Å². The summed E-state index contributed by atoms with van der Waals surface area (Å²) >= 11 is 0. The highest BCUT2D eigenvalue weighted by molar-refractivity contribution is 5.87. The number of amides is 2. The smallest absolute Gasteiger partial charge is 0.224 e. The number of ether oxygens (including phenoxy) is 1. The van der Waals surface area contributed by atoms with Gasteiger partial charge in [-0.1, -0.05) is 32.1 Å². The lowest BCUT2D eigenvalue weighted by atomic mass is 9.81. The Morgan fingerprint density at radius 3 is 2.56 bits per heavy atom. The molecule has 27 heavy (non-hydrogen) atoms. The van der Waals surface area contributed by atoms with Crippen molar-refractivity contribution in [2.45, 2.75) is 56.9 Å². The molecule has 1 heterocycles. The highest BCUT2D eigenvalue weighted by atomic mass is 16.5. The van der Waals surface area contributed by atoms with E-state index in [-0.39, 0.29) is 30.8 Å². The zero-order valence-corrected chi connectivity index (χ0v) is 16.0. The fourth-order valence-corrected chi connectivity index (χ4v) is 4.45. The molecule has 3 aliphatic rings. The van der Waals surface area contributed by atoms with Crippen LogP contribution >= 0.6 is 0 Å². The topological polar surface area (TPSA) is 103 Å². The Morgan fingerprint density at radius 2 is 1.96 bits per heavy atom. The van der Waals surface area contributed by atoms with Crippen LogP contribution in [0.15, 0.2) is 0 Å². The van der Waals surface area contributed by atoms with Crippen LogP contribution in [0.1, 0.15) is 51.4 Å². The van der Waals surface area contributed by atoms with Crippen LogP contribution in [-0.4, -0.2) is 60.3 Å². The third-order valence-corrected chi connectivity index (χ3v) is 6.37. The Morgan fingerprint density at radius 1 is 1.26 bits per heavy atom. The monoisotopic (exact) mass is 377 g/mol. The summed E-state index contributed by atoms with van der Waals surface area (Å²) in [7, 11) is 0. The van der Waals surface area contributed by atoms with E-state index in [1.165, 1.54) is 19.3 Å². The molecule has 1 aliphatic heterocycles. The molecule has 1 saturated heterocycles. The van der Waals surface area contributed by atoms with Gasteiger partial charge in [-0.05, 0) is 18.8 Å². The van der Waals surface area contributed by atoms with E-state index in [0.29, 0.717) is 45.1 Å². The second kappa shape index (κ2) is 9.03. The molecule has 3 atom stereocenters. The fourth-order valence-electron chi connectivity index (χ4n) is 4.45. The maximum Gasteiger partial charge on any atom is 0.224 e. The first-order chi connectivity index (χ1) is 13.1. The summed E-state index contributed by atoms with van der Waals surface area (Å²) in [5.74, 6) is -0.349. The number of carbonyl (C=O) groups is 2. The standard InChI is InChI=1S/C20H31N3O4/c21-14-20(12-17(20)13-24)22-19(26)16(10-15-4-2-1-3-5-15)11-18(25)23-6-8-27-9-7-23/h15-17,24H,1-13H2,(H,22,26)/t16-,17+,20?/m1/s1. The molecule has 7 nitrogen and oxygen atoms in total. The number of nitriles is 1. The maximum absolute atomic E-state index is 13.0. The summed E-state index contributed by atoms with van der Waals surface area (Å²) < 4.78 is 5.30. The van der Waals surface area contributed by atoms with E-state index in [4.69, 9.17) is 4.74 Å². The molecule has 0 aromatic heterocycles. The Hall–Kier alpha value is -1.65. The number of carbonyl (C=O) groups excluding carboxylic acids is 2. The van der Waals surface area contributed by atoms with Crippen LogP contribution in [0.5, 0.6) is 0 Å². The Labute approximate surface area is 161 Å². The molecule has 150 valence electrons. The van der Waals surface area contributed by atoms with Gasteiger partial charge in [0.05, 0.1) is 19.3 Å². The first-order valence-electron chi connectivity index (χ1n) is 10.3. The highest BCUT2D eigenvalue weighted by Gasteiger charge is 2.56. The minimum Gasteiger partial charge on any atom is -0.396 e. The summed E-state index contributed by atoms with van der Waals surface area (Å²) in [4.78, 5) is 27.5. The summed E-state index contributed by atoms with van der Waals surface area (Å²) in [6.45, 7) is 2.13. The van der Waals surface area contributed by atoms with Gasteiger partial charge < -0.3 is 20.1 Å². The van der Waals surface area contributed by atoms with Gasteiger partial charge in [-0.3, -0.25) is 9.59 Å². The minimum atomic E-state index is -0.946. The molecule has 0 bridgehead atoms. The average Bonchev–Trinajstić information content (AvgIpc) is 3.42. The molecule has 0 aromatic carbocycles. The largest absolute Gasteiger partial charge is 0.396 e. The molecule has 3 fully saturated rings. The van der Waals surface area contributed by atoms with Crippen LogP contribution in [-0.2, 0) is 14.3 Å². The van der Waals surface area contributed by atoms with E-state index < -0.39 is 11.5 Å². The van der Waals surface area contributed by atoms with Crippen LogP contribution in [0.4, 0.5) is 0 Å². The van der Waals surface area contributed by atoms with Crippen molar-refractivity contribution in [2.24, 2.45) is 17.8 Å². The van der Waals surface area contributed by atoms with E-state index in [0.717, 1.165) is 12.8 Å². The zero-order chi connectivity index (χ0) is 19.3. The van der Waals surface area contributed by atoms with E-state index >= 15 is 0 Å². The van der Waals surface area contributed by atoms with Crippen molar-refractivity contribution in [3.8, 4) is 6.07 Å². The van der Waals surface area contributed by atoms with Gasteiger partial charge in [0, 0.05) is 38.0 Å². The number of nitrogens with one attached hydrogen (secondary N) is 1. The molecule has 3 rings (SSSR count). The van der Waals surface area contributed by atoms with Crippen LogP contribution in [0, 0.1) is 29.1 Å². The van der Waals surface area contributed by atoms with Crippen molar-refractivity contribution in [3.05, 3.63) is 0 Å². The first-order valence-corrected chi connectivity index (χ1v) is 10.3. The van der Waals surface area contributed by atoms with Crippen LogP contribution in [0.25, 0.3) is 0 Å². The maximum atomic E-state index is 13.0. The molecular weight excluding hydrogens is 346 g/mol. The third-order valence-electron chi connectivity index (χ3n) is 6.37. The average molecular weight is 377 g/mol. The molecule has 0 spiro atoms. The lowest BCUT2D eigenvalue weighted by Crippen LogP contribution is -2.45. The van der Waals surface area contributed by atoms with Crippen LogP contribution in [0.2, 0.25) is 0 Å². The van der Waals surface area contributed by atoms with E-state index in [9.17, 15) is 20.0 Å². The number of nitrogens with zero attached hydrogens (tertiary/aromatic N) is 2. The number of morpholine rings is 1. The summed E-state index contributed by atoms with van der Waals surface area (Å²) in [5, 5.41) is 21.6. The molecule has 2 aliphatic carbocycles. The Bertz CT molecular complexity index is 578. The van der Waals surface area contributed by atoms with Crippen molar-refractivity contribution in [2.75, 3.05) is 32.9 Å². The van der Waals surface area contributed by atoms with Crippen molar-refractivity contribution in [3.63, 3.8) is 0 Å². The van der Waals surface area contributed by atoms with E-state index in [1.807, 2.05) is 0 Å². The van der Waals surface area contributed by atoms with Gasteiger partial charge >= 0.3 is 0 Å². The Kier molecular flexibility index (Phi) is 6.72. The fraction of sp³-hybridized carbons (Fsp3) is 0.850. The second-order valence-electron chi connectivity index (χ2n) is 8.29. The number of hydrogen-bond donors (Lipinski definition) is 2. The molecule has 7 heteroatoms. The summed E-state index contributed by atoms with van der Waals surface area (Å²) in [6, 6.07) is 2.16. The molecular formula is C20H31N3O4. The van der Waals surface area contributed by atoms with Crippen molar-refractivity contribution >= 4 is 11.8 Å². The van der Waals surface area contributed by atoms with Crippen LogP contribution < -0.4 is 5.32 Å². The number of aliphatic hydroxyl groups is 1. The lowest BCUT2D eigenvalue weighted by Gasteiger charge is -2.30. The van der Waals surface area contributed by atoms with Gasteiger partial charge in [0.2, 0.25) is 11.8 Å². The molecule has 2 saturated carbocycles. The zero-order valence-electron chi connectivity index (χ0n) is 16.0. The molecule has 0 radical (unpaired) electrons. The number of rotatable bonds is 7. The van der Waals surface area contributed by atoms with Crippen molar-refractivity contribution in [1.29, 1.82) is 5.26 Å². The van der Waals surface area contributed by atoms with Gasteiger partial charge in [0.15, 0.2) is 0 Å². The predicted molar refractivity (Wildman–Crippen MR) is 98.4 cm³/mol. The normalized spacial score (nSPS) is 29.6. The quantitative estimate of drug-likeness (QED) is 0.694. The molecule has 2 N–H and O–H groups in total. The summed E-state index contributed by atoms with van der Waals surface area (Å²) in [6.07, 6.45) is 7.21. The molecule has 2 amide bonds. The molecule has 0 aromatic rings. The number of aliphatic hydroxyl groups excluding tert-OH is 1. The minimum absolute atomic E-state index is 0.00484. The number of hydrogen-bond acceptors (Lipinski definition) is 5. The van der Waals surface area contributed by atoms with Crippen molar-refractivity contribution in [1.82, 2.24) is 10.2 Å². The van der Waals surface area contributed by atoms with Gasteiger partial charge in [0.1, 0.15) is 5.54 Å². The van der Waals surface area contributed by atoms with E-state index in [1.54, 1.807) is 4.90 Å².